The summed E-state index contributed by atoms with van der Waals surface area (Å²) in [5.41, 5.74) is 5.37. The molecule has 1 heterocycles. The molecule has 0 aliphatic rings. The van der Waals surface area contributed by atoms with E-state index in [9.17, 15) is 13.2 Å². The smallest absolute Gasteiger partial charge is 0.384 e. The number of nitrogens with zero attached hydrogens (tertiary/aromatic N) is 1. The van der Waals surface area contributed by atoms with Crippen LogP contribution in [0.15, 0.2) is 36.4 Å². The van der Waals surface area contributed by atoms with E-state index in [-0.39, 0.29) is 11.6 Å². The molecule has 0 amide bonds. The van der Waals surface area contributed by atoms with Gasteiger partial charge in [0, 0.05) is 11.6 Å². The maximum atomic E-state index is 12.6. The van der Waals surface area contributed by atoms with Gasteiger partial charge in [-0.2, -0.15) is 13.2 Å². The Bertz CT molecular complexity index is 614. The third-order valence-corrected chi connectivity index (χ3v) is 2.77. The Hall–Kier alpha value is -1.95. The van der Waals surface area contributed by atoms with Crippen LogP contribution >= 0.6 is 11.6 Å². The van der Waals surface area contributed by atoms with Crippen LogP contribution in [0.2, 0.25) is 5.02 Å². The van der Waals surface area contributed by atoms with Gasteiger partial charge in [0.05, 0.1) is 5.56 Å². The van der Waals surface area contributed by atoms with E-state index in [1.54, 1.807) is 24.3 Å². The van der Waals surface area contributed by atoms with Crippen LogP contribution in [0, 0.1) is 0 Å². The molecule has 3 nitrogen and oxygen atoms in total. The molecule has 3 N–H and O–H groups in total. The monoisotopic (exact) mass is 301 g/mol. The quantitative estimate of drug-likeness (QED) is 0.902. The average Bonchev–Trinajstić information content (AvgIpc) is 2.35. The standard InChI is InChI=1S/C13H11ClF3N3/c14-10-3-1-2-8(4-10)7-19-12-6-9(13(15,16)17)5-11(18)20-12/h1-6H,7H2,(H3,18,19,20). The van der Waals surface area contributed by atoms with E-state index < -0.39 is 11.7 Å². The van der Waals surface area contributed by atoms with Crippen LogP contribution in [0.5, 0.6) is 0 Å². The fourth-order valence-corrected chi connectivity index (χ4v) is 1.86. The van der Waals surface area contributed by atoms with Crippen LogP contribution in [-0.2, 0) is 12.7 Å². The number of benzene rings is 1. The van der Waals surface area contributed by atoms with Crippen LogP contribution < -0.4 is 11.1 Å². The zero-order valence-electron chi connectivity index (χ0n) is 10.2. The summed E-state index contributed by atoms with van der Waals surface area (Å²) in [6.07, 6.45) is -4.45. The molecule has 0 spiro atoms. The number of nitrogens with one attached hydrogen (secondary N) is 1. The molecule has 1 aromatic heterocycles. The second kappa shape index (κ2) is 5.58. The maximum absolute atomic E-state index is 12.6. The number of rotatable bonds is 3. The first-order valence-corrected chi connectivity index (χ1v) is 6.05. The summed E-state index contributed by atoms with van der Waals surface area (Å²) in [7, 11) is 0. The van der Waals surface area contributed by atoms with E-state index >= 15 is 0 Å². The highest BCUT2D eigenvalue weighted by molar-refractivity contribution is 6.30. The van der Waals surface area contributed by atoms with Crippen molar-refractivity contribution in [3.63, 3.8) is 0 Å². The largest absolute Gasteiger partial charge is 0.416 e. The van der Waals surface area contributed by atoms with E-state index in [1.165, 1.54) is 0 Å². The molecule has 0 fully saturated rings. The predicted molar refractivity (Wildman–Crippen MR) is 72.4 cm³/mol. The van der Waals surface area contributed by atoms with Gasteiger partial charge in [-0.25, -0.2) is 4.98 Å². The summed E-state index contributed by atoms with van der Waals surface area (Å²) in [6, 6.07) is 8.70. The van der Waals surface area contributed by atoms with Crippen LogP contribution in [-0.4, -0.2) is 4.98 Å². The minimum absolute atomic E-state index is 0.0669. The maximum Gasteiger partial charge on any atom is 0.416 e. The highest BCUT2D eigenvalue weighted by Gasteiger charge is 2.31. The number of halogens is 4. The van der Waals surface area contributed by atoms with Gasteiger partial charge >= 0.3 is 6.18 Å². The van der Waals surface area contributed by atoms with Crippen LogP contribution in [0.3, 0.4) is 0 Å². The summed E-state index contributed by atoms with van der Waals surface area (Å²) in [6.45, 7) is 0.300. The summed E-state index contributed by atoms with van der Waals surface area (Å²) in [5, 5.41) is 3.35. The Labute approximate surface area is 118 Å². The van der Waals surface area contributed by atoms with Gasteiger partial charge < -0.3 is 11.1 Å². The number of alkyl halides is 3. The van der Waals surface area contributed by atoms with Gasteiger partial charge in [-0.15, -0.1) is 0 Å². The van der Waals surface area contributed by atoms with Gasteiger partial charge in [0.1, 0.15) is 11.6 Å². The minimum Gasteiger partial charge on any atom is -0.384 e. The molecule has 0 atom stereocenters. The van der Waals surface area contributed by atoms with Gasteiger partial charge in [0.25, 0.3) is 0 Å². The molecule has 0 bridgehead atoms. The Morgan fingerprint density at radius 2 is 1.95 bits per heavy atom. The molecule has 20 heavy (non-hydrogen) atoms. The number of nitrogens with two attached hydrogens (primary N) is 1. The molecule has 7 heteroatoms. The van der Waals surface area contributed by atoms with Gasteiger partial charge in [-0.3, -0.25) is 0 Å². The Morgan fingerprint density at radius 3 is 2.60 bits per heavy atom. The molecule has 0 aliphatic heterocycles. The number of hydrogen-bond donors (Lipinski definition) is 2. The Kier molecular flexibility index (Phi) is 4.04. The van der Waals surface area contributed by atoms with Crippen molar-refractivity contribution in [2.45, 2.75) is 12.7 Å². The summed E-state index contributed by atoms with van der Waals surface area (Å²) in [5.74, 6) is -0.120. The van der Waals surface area contributed by atoms with Crippen molar-refractivity contribution in [3.05, 3.63) is 52.5 Å². The molecule has 0 saturated carbocycles. The van der Waals surface area contributed by atoms with Gasteiger partial charge in [0.15, 0.2) is 0 Å². The highest BCUT2D eigenvalue weighted by Crippen LogP contribution is 2.31. The Morgan fingerprint density at radius 1 is 1.20 bits per heavy atom. The summed E-state index contributed by atoms with van der Waals surface area (Å²) >= 11 is 5.82. The number of pyridine rings is 1. The fourth-order valence-electron chi connectivity index (χ4n) is 1.65. The molecule has 106 valence electrons. The zero-order valence-corrected chi connectivity index (χ0v) is 11.0. The molecule has 0 unspecified atom stereocenters. The first-order valence-electron chi connectivity index (χ1n) is 5.67. The average molecular weight is 302 g/mol. The molecule has 2 aromatic rings. The van der Waals surface area contributed by atoms with E-state index in [1.807, 2.05) is 0 Å². The number of anilines is 2. The molecule has 0 aliphatic carbocycles. The third-order valence-electron chi connectivity index (χ3n) is 2.54. The molecular formula is C13H11ClF3N3. The van der Waals surface area contributed by atoms with E-state index in [0.717, 1.165) is 17.7 Å². The number of aromatic nitrogens is 1. The topological polar surface area (TPSA) is 50.9 Å². The summed E-state index contributed by atoms with van der Waals surface area (Å²) < 4.78 is 37.9. The van der Waals surface area contributed by atoms with Crippen molar-refractivity contribution < 1.29 is 13.2 Å². The van der Waals surface area contributed by atoms with Crippen molar-refractivity contribution in [3.8, 4) is 0 Å². The number of nitrogen functional groups attached to an aromatic ring is 1. The molecular weight excluding hydrogens is 291 g/mol. The minimum atomic E-state index is -4.45. The SMILES string of the molecule is Nc1cc(C(F)(F)F)cc(NCc2cccc(Cl)c2)n1. The van der Waals surface area contributed by atoms with Gasteiger partial charge in [-0.05, 0) is 29.8 Å². The molecule has 1 aromatic carbocycles. The van der Waals surface area contributed by atoms with Crippen molar-refractivity contribution in [1.82, 2.24) is 4.98 Å². The lowest BCUT2D eigenvalue weighted by molar-refractivity contribution is -0.137. The van der Waals surface area contributed by atoms with Crippen LogP contribution in [0.4, 0.5) is 24.8 Å². The van der Waals surface area contributed by atoms with Crippen molar-refractivity contribution >= 4 is 23.2 Å². The lowest BCUT2D eigenvalue weighted by atomic mass is 10.2. The van der Waals surface area contributed by atoms with Gasteiger partial charge in [-0.1, -0.05) is 23.7 Å². The van der Waals surface area contributed by atoms with Crippen LogP contribution in [0.25, 0.3) is 0 Å². The third kappa shape index (κ3) is 3.77. The molecule has 2 rings (SSSR count). The van der Waals surface area contributed by atoms with Crippen molar-refractivity contribution in [1.29, 1.82) is 0 Å². The first kappa shape index (κ1) is 14.5. The predicted octanol–water partition coefficient (Wildman–Crippen LogP) is 3.95. The van der Waals surface area contributed by atoms with E-state index in [2.05, 4.69) is 10.3 Å². The van der Waals surface area contributed by atoms with Crippen LogP contribution in [0.1, 0.15) is 11.1 Å². The number of hydrogen-bond acceptors (Lipinski definition) is 3. The first-order chi connectivity index (χ1) is 9.34. The van der Waals surface area contributed by atoms with Crippen molar-refractivity contribution in [2.75, 3.05) is 11.1 Å². The van der Waals surface area contributed by atoms with Crippen molar-refractivity contribution in [2.24, 2.45) is 0 Å². The molecule has 0 radical (unpaired) electrons. The normalized spacial score (nSPS) is 11.4. The summed E-state index contributed by atoms with van der Waals surface area (Å²) in [4.78, 5) is 3.82. The highest BCUT2D eigenvalue weighted by atomic mass is 35.5. The van der Waals surface area contributed by atoms with E-state index in [4.69, 9.17) is 17.3 Å². The lowest BCUT2D eigenvalue weighted by Gasteiger charge is -2.11. The lowest BCUT2D eigenvalue weighted by Crippen LogP contribution is -2.09. The second-order valence-electron chi connectivity index (χ2n) is 4.15. The van der Waals surface area contributed by atoms with E-state index in [0.29, 0.717) is 11.6 Å². The van der Waals surface area contributed by atoms with Gasteiger partial charge in [0.2, 0.25) is 0 Å². The fraction of sp³-hybridized carbons (Fsp3) is 0.154. The molecule has 0 saturated heterocycles. The second-order valence-corrected chi connectivity index (χ2v) is 4.58. The Balaban J connectivity index is 2.16. The zero-order chi connectivity index (χ0) is 14.8.